The summed E-state index contributed by atoms with van der Waals surface area (Å²) in [4.78, 5) is 17.1. The molecule has 1 atom stereocenters. The molecule has 2 aromatic heterocycles. The zero-order valence-electron chi connectivity index (χ0n) is 12.7. The van der Waals surface area contributed by atoms with Crippen molar-refractivity contribution >= 4 is 27.6 Å². The fraction of sp³-hybridized carbons (Fsp3) is 0.400. The molecule has 8 heteroatoms. The Bertz CT molecular complexity index is 639. The first-order valence-corrected chi connectivity index (χ1v) is 8.06. The molecule has 3 heterocycles. The van der Waals surface area contributed by atoms with Crippen molar-refractivity contribution < 1.29 is 9.13 Å². The van der Waals surface area contributed by atoms with Crippen molar-refractivity contribution in [3.63, 3.8) is 0 Å². The van der Waals surface area contributed by atoms with Gasteiger partial charge in [-0.25, -0.2) is 19.3 Å². The molecule has 3 rings (SSSR count). The maximum atomic E-state index is 13.1. The highest BCUT2D eigenvalue weighted by Crippen LogP contribution is 2.22. The van der Waals surface area contributed by atoms with Crippen LogP contribution < -0.4 is 9.80 Å². The van der Waals surface area contributed by atoms with E-state index in [4.69, 9.17) is 4.74 Å². The number of hydrogen-bond donors (Lipinski definition) is 0. The Morgan fingerprint density at radius 1 is 1.17 bits per heavy atom. The van der Waals surface area contributed by atoms with E-state index < -0.39 is 0 Å². The smallest absolute Gasteiger partial charge is 0.147 e. The van der Waals surface area contributed by atoms with E-state index in [1.54, 1.807) is 25.6 Å². The summed E-state index contributed by atoms with van der Waals surface area (Å²) < 4.78 is 19.1. The zero-order valence-corrected chi connectivity index (χ0v) is 14.3. The first-order chi connectivity index (χ1) is 11.2. The Kier molecular flexibility index (Phi) is 5.02. The molecule has 1 fully saturated rings. The van der Waals surface area contributed by atoms with Gasteiger partial charge in [0.1, 0.15) is 22.1 Å². The molecule has 0 aliphatic carbocycles. The quantitative estimate of drug-likeness (QED) is 0.808. The minimum Gasteiger partial charge on any atom is -0.382 e. The fourth-order valence-corrected chi connectivity index (χ4v) is 2.91. The number of aromatic nitrogens is 3. The third-order valence-corrected chi connectivity index (χ3v) is 4.19. The molecule has 0 saturated carbocycles. The van der Waals surface area contributed by atoms with Gasteiger partial charge in [0, 0.05) is 26.7 Å². The molecule has 0 aromatic carbocycles. The van der Waals surface area contributed by atoms with Crippen molar-refractivity contribution in [1.82, 2.24) is 15.0 Å². The normalized spacial score (nSPS) is 18.3. The molecule has 1 aliphatic rings. The second-order valence-electron chi connectivity index (χ2n) is 5.28. The van der Waals surface area contributed by atoms with Crippen LogP contribution in [0.5, 0.6) is 0 Å². The zero-order chi connectivity index (χ0) is 16.2. The summed E-state index contributed by atoms with van der Waals surface area (Å²) in [6.07, 6.45) is 4.68. The van der Waals surface area contributed by atoms with Crippen molar-refractivity contribution in [3.8, 4) is 0 Å². The van der Waals surface area contributed by atoms with Crippen LogP contribution in [0.2, 0.25) is 0 Å². The van der Waals surface area contributed by atoms with Crippen LogP contribution in [-0.2, 0) is 4.74 Å². The number of pyridine rings is 1. The lowest BCUT2D eigenvalue weighted by Crippen LogP contribution is -2.55. The number of halogens is 2. The van der Waals surface area contributed by atoms with E-state index in [-0.39, 0.29) is 11.9 Å². The van der Waals surface area contributed by atoms with E-state index in [2.05, 4.69) is 40.7 Å². The Hall–Kier alpha value is -1.80. The van der Waals surface area contributed by atoms with Crippen LogP contribution in [0.15, 0.2) is 35.3 Å². The maximum Gasteiger partial charge on any atom is 0.147 e. The SMILES string of the molecule is COC[C@H]1CN(c2cnc(Br)cn2)CCN1c1ccc(F)cn1. The van der Waals surface area contributed by atoms with Crippen LogP contribution in [0, 0.1) is 5.82 Å². The average molecular weight is 382 g/mol. The van der Waals surface area contributed by atoms with Crippen molar-refractivity contribution in [1.29, 1.82) is 0 Å². The van der Waals surface area contributed by atoms with Gasteiger partial charge in [0.25, 0.3) is 0 Å². The molecule has 0 bridgehead atoms. The number of methoxy groups -OCH3 is 1. The Balaban J connectivity index is 1.77. The molecule has 1 saturated heterocycles. The largest absolute Gasteiger partial charge is 0.382 e. The van der Waals surface area contributed by atoms with E-state index in [9.17, 15) is 4.39 Å². The van der Waals surface area contributed by atoms with E-state index in [0.29, 0.717) is 11.2 Å². The summed E-state index contributed by atoms with van der Waals surface area (Å²) in [6, 6.07) is 3.24. The molecule has 23 heavy (non-hydrogen) atoms. The van der Waals surface area contributed by atoms with E-state index in [1.165, 1.54) is 12.3 Å². The van der Waals surface area contributed by atoms with Gasteiger partial charge in [0.05, 0.1) is 31.2 Å². The summed E-state index contributed by atoms with van der Waals surface area (Å²) in [5.41, 5.74) is 0. The summed E-state index contributed by atoms with van der Waals surface area (Å²) >= 11 is 3.29. The number of nitrogens with zero attached hydrogens (tertiary/aromatic N) is 5. The topological polar surface area (TPSA) is 54.4 Å². The molecule has 122 valence electrons. The predicted octanol–water partition coefficient (Wildman–Crippen LogP) is 2.11. The van der Waals surface area contributed by atoms with Crippen LogP contribution in [0.3, 0.4) is 0 Å². The highest BCUT2D eigenvalue weighted by molar-refractivity contribution is 9.10. The van der Waals surface area contributed by atoms with E-state index >= 15 is 0 Å². The number of rotatable bonds is 4. The number of ether oxygens (including phenoxy) is 1. The molecular formula is C15H17BrFN5O. The minimum absolute atomic E-state index is 0.108. The van der Waals surface area contributed by atoms with E-state index in [1.807, 2.05) is 0 Å². The summed E-state index contributed by atoms with van der Waals surface area (Å²) in [7, 11) is 1.68. The first kappa shape index (κ1) is 16.1. The van der Waals surface area contributed by atoms with Crippen molar-refractivity contribution in [2.75, 3.05) is 43.2 Å². The number of hydrogen-bond acceptors (Lipinski definition) is 6. The molecule has 1 aliphatic heterocycles. The second kappa shape index (κ2) is 7.18. The second-order valence-corrected chi connectivity index (χ2v) is 6.09. The molecular weight excluding hydrogens is 365 g/mol. The van der Waals surface area contributed by atoms with Crippen molar-refractivity contribution in [2.24, 2.45) is 0 Å². The molecule has 2 aromatic rings. The lowest BCUT2D eigenvalue weighted by molar-refractivity contribution is 0.173. The first-order valence-electron chi connectivity index (χ1n) is 7.27. The van der Waals surface area contributed by atoms with Gasteiger partial charge in [-0.1, -0.05) is 0 Å². The Morgan fingerprint density at radius 3 is 2.65 bits per heavy atom. The monoisotopic (exact) mass is 381 g/mol. The summed E-state index contributed by atoms with van der Waals surface area (Å²) in [5.74, 6) is 1.26. The lowest BCUT2D eigenvalue weighted by atomic mass is 10.1. The maximum absolute atomic E-state index is 13.1. The van der Waals surface area contributed by atoms with E-state index in [0.717, 1.165) is 31.3 Å². The van der Waals surface area contributed by atoms with Crippen molar-refractivity contribution in [2.45, 2.75) is 6.04 Å². The third kappa shape index (κ3) is 3.76. The molecule has 0 N–H and O–H groups in total. The van der Waals surface area contributed by atoms with Gasteiger partial charge in [0.2, 0.25) is 0 Å². The average Bonchev–Trinajstić information content (AvgIpc) is 2.57. The van der Waals surface area contributed by atoms with Gasteiger partial charge in [-0.05, 0) is 28.1 Å². The van der Waals surface area contributed by atoms with Crippen LogP contribution in [0.4, 0.5) is 16.0 Å². The lowest BCUT2D eigenvalue weighted by Gasteiger charge is -2.42. The third-order valence-electron chi connectivity index (χ3n) is 3.78. The van der Waals surface area contributed by atoms with Gasteiger partial charge in [-0.2, -0.15) is 0 Å². The highest BCUT2D eigenvalue weighted by Gasteiger charge is 2.28. The van der Waals surface area contributed by atoms with Gasteiger partial charge in [-0.3, -0.25) is 0 Å². The van der Waals surface area contributed by atoms with Gasteiger partial charge in [0.15, 0.2) is 0 Å². The van der Waals surface area contributed by atoms with Crippen LogP contribution in [0.1, 0.15) is 0 Å². The van der Waals surface area contributed by atoms with Gasteiger partial charge in [-0.15, -0.1) is 0 Å². The Morgan fingerprint density at radius 2 is 2.00 bits per heavy atom. The molecule has 0 radical (unpaired) electrons. The standard InChI is InChI=1S/C15H17BrFN5O/c1-23-10-12-9-21(15-8-18-13(16)7-20-15)4-5-22(12)14-3-2-11(17)6-19-14/h2-3,6-8,12H,4-5,9-10H2,1H3/t12-/m1/s1. The van der Waals surface area contributed by atoms with Crippen LogP contribution in [0.25, 0.3) is 0 Å². The molecule has 6 nitrogen and oxygen atoms in total. The Labute approximate surface area is 142 Å². The van der Waals surface area contributed by atoms with Crippen molar-refractivity contribution in [3.05, 3.63) is 41.1 Å². The van der Waals surface area contributed by atoms with Gasteiger partial charge < -0.3 is 14.5 Å². The minimum atomic E-state index is -0.333. The van der Waals surface area contributed by atoms with Gasteiger partial charge >= 0.3 is 0 Å². The summed E-state index contributed by atoms with van der Waals surface area (Å²) in [6.45, 7) is 2.84. The summed E-state index contributed by atoms with van der Waals surface area (Å²) in [5, 5.41) is 0. The van der Waals surface area contributed by atoms with Crippen LogP contribution >= 0.6 is 15.9 Å². The highest BCUT2D eigenvalue weighted by atomic mass is 79.9. The number of anilines is 2. The molecule has 0 amide bonds. The fourth-order valence-electron chi connectivity index (χ4n) is 2.71. The molecule has 0 unspecified atom stereocenters. The predicted molar refractivity (Wildman–Crippen MR) is 89.2 cm³/mol. The molecule has 0 spiro atoms. The van der Waals surface area contributed by atoms with Crippen LogP contribution in [-0.4, -0.2) is 54.3 Å². The number of piperazine rings is 1.